The van der Waals surface area contributed by atoms with Crippen molar-refractivity contribution in [2.24, 2.45) is 0 Å². The summed E-state index contributed by atoms with van der Waals surface area (Å²) in [7, 11) is 1.37. The second-order valence-electron chi connectivity index (χ2n) is 4.40. The van der Waals surface area contributed by atoms with Crippen LogP contribution in [-0.4, -0.2) is 49.1 Å². The van der Waals surface area contributed by atoms with Crippen molar-refractivity contribution in [3.63, 3.8) is 0 Å². The topological polar surface area (TPSA) is 45.7 Å². The van der Waals surface area contributed by atoms with Gasteiger partial charge in [0, 0.05) is 32.4 Å². The normalized spacial score (nSPS) is 15.9. The van der Waals surface area contributed by atoms with Crippen LogP contribution >= 0.6 is 0 Å². The first kappa shape index (κ1) is 13.4. The minimum Gasteiger partial charge on any atom is -0.465 e. The molecule has 0 aromatic carbocycles. The fraction of sp³-hybridized carbons (Fsp3) is 0.429. The van der Waals surface area contributed by atoms with Gasteiger partial charge < -0.3 is 14.5 Å². The summed E-state index contributed by atoms with van der Waals surface area (Å²) in [6.07, 6.45) is 5.74. The molecule has 0 radical (unpaired) electrons. The number of aromatic nitrogens is 1. The van der Waals surface area contributed by atoms with Crippen LogP contribution in [0.5, 0.6) is 0 Å². The van der Waals surface area contributed by atoms with E-state index in [1.54, 1.807) is 12.3 Å². The molecule has 0 saturated carbocycles. The molecule has 0 aliphatic carbocycles. The van der Waals surface area contributed by atoms with Gasteiger partial charge in [0.1, 0.15) is 5.82 Å². The SMILES string of the molecule is CC=CN1CCN(c2ccc(C(=O)OC)cn2)CC1. The number of rotatable bonds is 3. The summed E-state index contributed by atoms with van der Waals surface area (Å²) < 4.78 is 4.66. The van der Waals surface area contributed by atoms with Crippen LogP contribution in [0.3, 0.4) is 0 Å². The second-order valence-corrected chi connectivity index (χ2v) is 4.40. The maximum atomic E-state index is 11.3. The lowest BCUT2D eigenvalue weighted by Crippen LogP contribution is -2.44. The van der Waals surface area contributed by atoms with Crippen molar-refractivity contribution < 1.29 is 9.53 Å². The third kappa shape index (κ3) is 3.24. The smallest absolute Gasteiger partial charge is 0.339 e. The molecule has 1 fully saturated rings. The van der Waals surface area contributed by atoms with Crippen LogP contribution < -0.4 is 4.90 Å². The average Bonchev–Trinajstić information content (AvgIpc) is 2.48. The maximum absolute atomic E-state index is 11.3. The molecule has 2 rings (SSSR count). The van der Waals surface area contributed by atoms with E-state index in [0.29, 0.717) is 5.56 Å². The quantitative estimate of drug-likeness (QED) is 0.772. The van der Waals surface area contributed by atoms with Gasteiger partial charge in [0.2, 0.25) is 0 Å². The molecule has 0 N–H and O–H groups in total. The number of ether oxygens (including phenoxy) is 1. The van der Waals surface area contributed by atoms with Crippen LogP contribution in [0.2, 0.25) is 0 Å². The van der Waals surface area contributed by atoms with Gasteiger partial charge in [0.15, 0.2) is 0 Å². The highest BCUT2D eigenvalue weighted by Gasteiger charge is 2.16. The molecule has 1 aliphatic heterocycles. The Morgan fingerprint density at radius 1 is 1.32 bits per heavy atom. The van der Waals surface area contributed by atoms with Crippen LogP contribution in [0.15, 0.2) is 30.6 Å². The summed E-state index contributed by atoms with van der Waals surface area (Å²) in [4.78, 5) is 20.2. The first-order chi connectivity index (χ1) is 9.24. The number of hydrogen-bond acceptors (Lipinski definition) is 5. The van der Waals surface area contributed by atoms with E-state index in [1.165, 1.54) is 7.11 Å². The molecule has 102 valence electrons. The van der Waals surface area contributed by atoms with Crippen molar-refractivity contribution in [1.82, 2.24) is 9.88 Å². The number of carbonyl (C=O) groups is 1. The zero-order valence-corrected chi connectivity index (χ0v) is 11.4. The lowest BCUT2D eigenvalue weighted by Gasteiger charge is -2.34. The molecule has 0 atom stereocenters. The second kappa shape index (κ2) is 6.22. The molecule has 0 spiro atoms. The predicted molar refractivity (Wildman–Crippen MR) is 74.2 cm³/mol. The number of pyridine rings is 1. The van der Waals surface area contributed by atoms with E-state index >= 15 is 0 Å². The summed E-state index contributed by atoms with van der Waals surface area (Å²) in [5.41, 5.74) is 0.485. The van der Waals surface area contributed by atoms with Crippen molar-refractivity contribution in [1.29, 1.82) is 0 Å². The third-order valence-electron chi connectivity index (χ3n) is 3.17. The standard InChI is InChI=1S/C14H19N3O2/c1-3-6-16-7-9-17(10-8-16)13-5-4-12(11-15-13)14(18)19-2/h3-6,11H,7-10H2,1-2H3. The summed E-state index contributed by atoms with van der Waals surface area (Å²) >= 11 is 0. The Labute approximate surface area is 113 Å². The number of anilines is 1. The van der Waals surface area contributed by atoms with Crippen LogP contribution in [0, 0.1) is 0 Å². The number of hydrogen-bond donors (Lipinski definition) is 0. The van der Waals surface area contributed by atoms with E-state index in [9.17, 15) is 4.79 Å². The van der Waals surface area contributed by atoms with Gasteiger partial charge in [0.25, 0.3) is 0 Å². The van der Waals surface area contributed by atoms with E-state index < -0.39 is 0 Å². The zero-order valence-electron chi connectivity index (χ0n) is 11.4. The Bertz CT molecular complexity index is 448. The highest BCUT2D eigenvalue weighted by molar-refractivity contribution is 5.89. The molecule has 0 bridgehead atoms. The van der Waals surface area contributed by atoms with E-state index in [-0.39, 0.29) is 5.97 Å². The van der Waals surface area contributed by atoms with Crippen LogP contribution in [0.4, 0.5) is 5.82 Å². The van der Waals surface area contributed by atoms with Gasteiger partial charge in [-0.1, -0.05) is 6.08 Å². The lowest BCUT2D eigenvalue weighted by molar-refractivity contribution is 0.0600. The Morgan fingerprint density at radius 2 is 2.05 bits per heavy atom. The highest BCUT2D eigenvalue weighted by Crippen LogP contribution is 2.14. The van der Waals surface area contributed by atoms with Gasteiger partial charge in [-0.2, -0.15) is 0 Å². The Balaban J connectivity index is 1.98. The Kier molecular flexibility index (Phi) is 4.39. The average molecular weight is 261 g/mol. The molecule has 1 aromatic heterocycles. The van der Waals surface area contributed by atoms with Crippen LogP contribution in [-0.2, 0) is 4.74 Å². The molecule has 0 amide bonds. The number of esters is 1. The first-order valence-corrected chi connectivity index (χ1v) is 6.41. The van der Waals surface area contributed by atoms with Crippen molar-refractivity contribution in [3.8, 4) is 0 Å². The molecule has 19 heavy (non-hydrogen) atoms. The molecular weight excluding hydrogens is 242 g/mol. The predicted octanol–water partition coefficient (Wildman–Crippen LogP) is 1.52. The number of methoxy groups -OCH3 is 1. The summed E-state index contributed by atoms with van der Waals surface area (Å²) in [6.45, 7) is 5.89. The van der Waals surface area contributed by atoms with Gasteiger partial charge in [-0.3, -0.25) is 0 Å². The minimum absolute atomic E-state index is 0.350. The van der Waals surface area contributed by atoms with E-state index in [4.69, 9.17) is 0 Å². The molecule has 2 heterocycles. The molecule has 5 heteroatoms. The van der Waals surface area contributed by atoms with E-state index in [2.05, 4.69) is 31.8 Å². The molecule has 1 aromatic rings. The van der Waals surface area contributed by atoms with Gasteiger partial charge in [-0.15, -0.1) is 0 Å². The molecular formula is C14H19N3O2. The number of carbonyl (C=O) groups excluding carboxylic acids is 1. The lowest BCUT2D eigenvalue weighted by atomic mass is 10.2. The van der Waals surface area contributed by atoms with Crippen molar-refractivity contribution in [2.45, 2.75) is 6.92 Å². The number of allylic oxidation sites excluding steroid dienone is 1. The van der Waals surface area contributed by atoms with E-state index in [0.717, 1.165) is 32.0 Å². The van der Waals surface area contributed by atoms with Crippen molar-refractivity contribution in [2.75, 3.05) is 38.2 Å². The molecule has 0 unspecified atom stereocenters. The van der Waals surface area contributed by atoms with Crippen molar-refractivity contribution >= 4 is 11.8 Å². The summed E-state index contributed by atoms with van der Waals surface area (Å²) in [5, 5.41) is 0. The maximum Gasteiger partial charge on any atom is 0.339 e. The highest BCUT2D eigenvalue weighted by atomic mass is 16.5. The van der Waals surface area contributed by atoms with Gasteiger partial charge in [-0.05, 0) is 25.3 Å². The Hall–Kier alpha value is -2.04. The molecule has 1 saturated heterocycles. The van der Waals surface area contributed by atoms with Crippen LogP contribution in [0.25, 0.3) is 0 Å². The first-order valence-electron chi connectivity index (χ1n) is 6.41. The monoisotopic (exact) mass is 261 g/mol. The van der Waals surface area contributed by atoms with Crippen LogP contribution in [0.1, 0.15) is 17.3 Å². The van der Waals surface area contributed by atoms with Gasteiger partial charge in [0.05, 0.1) is 12.7 Å². The Morgan fingerprint density at radius 3 is 2.58 bits per heavy atom. The van der Waals surface area contributed by atoms with E-state index in [1.807, 2.05) is 13.0 Å². The fourth-order valence-electron chi connectivity index (χ4n) is 2.12. The van der Waals surface area contributed by atoms with Crippen molar-refractivity contribution in [3.05, 3.63) is 36.2 Å². The number of piperazine rings is 1. The van der Waals surface area contributed by atoms with Gasteiger partial charge >= 0.3 is 5.97 Å². The largest absolute Gasteiger partial charge is 0.465 e. The minimum atomic E-state index is -0.350. The molecule has 5 nitrogen and oxygen atoms in total. The fourth-order valence-corrected chi connectivity index (χ4v) is 2.12. The van der Waals surface area contributed by atoms with Gasteiger partial charge in [-0.25, -0.2) is 9.78 Å². The third-order valence-corrected chi connectivity index (χ3v) is 3.17. The molecule has 1 aliphatic rings. The summed E-state index contributed by atoms with van der Waals surface area (Å²) in [6, 6.07) is 3.63. The number of nitrogens with zero attached hydrogens (tertiary/aromatic N) is 3. The summed E-state index contributed by atoms with van der Waals surface area (Å²) in [5.74, 6) is 0.560. The zero-order chi connectivity index (χ0) is 13.7.